The number of carbonyl (C=O) groups is 2. The number of hydrogen-bond acceptors (Lipinski definition) is 5. The number of amides is 1. The third-order valence-electron chi connectivity index (χ3n) is 3.68. The summed E-state index contributed by atoms with van der Waals surface area (Å²) in [7, 11) is 4.46. The molecule has 0 aliphatic carbocycles. The van der Waals surface area contributed by atoms with E-state index in [4.69, 9.17) is 9.47 Å². The predicted molar refractivity (Wildman–Crippen MR) is 98.2 cm³/mol. The van der Waals surface area contributed by atoms with Crippen LogP contribution in [0.15, 0.2) is 48.5 Å². The molecule has 0 bridgehead atoms. The SMILES string of the molecule is COC(=O)c1ccc(CNC(=O)/C=C/c2ccc(OC)c(OC)c2)cc1. The standard InChI is InChI=1S/C20H21NO5/c1-24-17-10-6-14(12-18(17)25-2)7-11-19(22)21-13-15-4-8-16(9-5-15)20(23)26-3/h4-12H,13H2,1-3H3,(H,21,22)/b11-7+. The highest BCUT2D eigenvalue weighted by molar-refractivity contribution is 5.92. The van der Waals surface area contributed by atoms with E-state index in [2.05, 4.69) is 10.1 Å². The van der Waals surface area contributed by atoms with Crippen LogP contribution in [0.4, 0.5) is 0 Å². The summed E-state index contributed by atoms with van der Waals surface area (Å²) in [6.07, 6.45) is 3.14. The Labute approximate surface area is 152 Å². The monoisotopic (exact) mass is 355 g/mol. The average Bonchev–Trinajstić information content (AvgIpc) is 2.70. The third kappa shape index (κ3) is 5.11. The molecule has 1 amide bonds. The first-order chi connectivity index (χ1) is 12.6. The van der Waals surface area contributed by atoms with Gasteiger partial charge in [0, 0.05) is 12.6 Å². The van der Waals surface area contributed by atoms with Crippen molar-refractivity contribution in [2.24, 2.45) is 0 Å². The summed E-state index contributed by atoms with van der Waals surface area (Å²) in [5.74, 6) is 0.612. The molecule has 26 heavy (non-hydrogen) atoms. The van der Waals surface area contributed by atoms with Crippen LogP contribution >= 0.6 is 0 Å². The molecule has 0 spiro atoms. The van der Waals surface area contributed by atoms with E-state index in [-0.39, 0.29) is 5.91 Å². The molecule has 1 N–H and O–H groups in total. The van der Waals surface area contributed by atoms with Gasteiger partial charge in [-0.2, -0.15) is 0 Å². The summed E-state index contributed by atoms with van der Waals surface area (Å²) < 4.78 is 15.1. The van der Waals surface area contributed by atoms with E-state index < -0.39 is 5.97 Å². The van der Waals surface area contributed by atoms with E-state index in [1.165, 1.54) is 13.2 Å². The molecule has 6 nitrogen and oxygen atoms in total. The Balaban J connectivity index is 1.92. The van der Waals surface area contributed by atoms with Crippen LogP contribution in [0.5, 0.6) is 11.5 Å². The fourth-order valence-corrected chi connectivity index (χ4v) is 2.25. The molecule has 0 heterocycles. The van der Waals surface area contributed by atoms with Gasteiger partial charge in [0.05, 0.1) is 26.9 Å². The molecular weight excluding hydrogens is 334 g/mol. The summed E-state index contributed by atoms with van der Waals surface area (Å²) in [6.45, 7) is 0.358. The second-order valence-electron chi connectivity index (χ2n) is 5.35. The molecule has 6 heteroatoms. The molecule has 2 aromatic carbocycles. The first-order valence-corrected chi connectivity index (χ1v) is 7.92. The molecule has 0 saturated carbocycles. The average molecular weight is 355 g/mol. The summed E-state index contributed by atoms with van der Waals surface area (Å²) in [5, 5.41) is 2.79. The third-order valence-corrected chi connectivity index (χ3v) is 3.68. The number of ether oxygens (including phenoxy) is 3. The van der Waals surface area contributed by atoms with Gasteiger partial charge < -0.3 is 19.5 Å². The van der Waals surface area contributed by atoms with Gasteiger partial charge in [0.25, 0.3) is 0 Å². The van der Waals surface area contributed by atoms with Crippen molar-refractivity contribution in [3.8, 4) is 11.5 Å². The van der Waals surface area contributed by atoms with Gasteiger partial charge in [-0.3, -0.25) is 4.79 Å². The van der Waals surface area contributed by atoms with Gasteiger partial charge in [-0.25, -0.2) is 4.79 Å². The second-order valence-corrected chi connectivity index (χ2v) is 5.35. The fraction of sp³-hybridized carbons (Fsp3) is 0.200. The van der Waals surface area contributed by atoms with E-state index in [1.807, 2.05) is 6.07 Å². The highest BCUT2D eigenvalue weighted by Gasteiger charge is 2.05. The topological polar surface area (TPSA) is 73.9 Å². The number of carbonyl (C=O) groups excluding carboxylic acids is 2. The maximum absolute atomic E-state index is 12.0. The van der Waals surface area contributed by atoms with Gasteiger partial charge >= 0.3 is 5.97 Å². The summed E-state index contributed by atoms with van der Waals surface area (Å²) in [6, 6.07) is 12.2. The van der Waals surface area contributed by atoms with Crippen molar-refractivity contribution in [3.63, 3.8) is 0 Å². The first-order valence-electron chi connectivity index (χ1n) is 7.92. The number of methoxy groups -OCH3 is 3. The van der Waals surface area contributed by atoms with Gasteiger partial charge in [0.1, 0.15) is 0 Å². The molecule has 0 unspecified atom stereocenters. The zero-order chi connectivity index (χ0) is 18.9. The molecule has 2 rings (SSSR count). The van der Waals surface area contributed by atoms with Crippen molar-refractivity contribution in [2.75, 3.05) is 21.3 Å². The van der Waals surface area contributed by atoms with Crippen LogP contribution in [-0.2, 0) is 16.1 Å². The van der Waals surface area contributed by atoms with Gasteiger partial charge in [-0.1, -0.05) is 18.2 Å². The Hall–Kier alpha value is -3.28. The lowest BCUT2D eigenvalue weighted by Gasteiger charge is -2.07. The van der Waals surface area contributed by atoms with Crippen LogP contribution in [0.3, 0.4) is 0 Å². The fourth-order valence-electron chi connectivity index (χ4n) is 2.25. The number of rotatable bonds is 7. The number of hydrogen-bond donors (Lipinski definition) is 1. The summed E-state index contributed by atoms with van der Waals surface area (Å²) in [4.78, 5) is 23.3. The lowest BCUT2D eigenvalue weighted by Crippen LogP contribution is -2.20. The number of nitrogens with one attached hydrogen (secondary N) is 1. The number of benzene rings is 2. The van der Waals surface area contributed by atoms with Crippen LogP contribution in [0.25, 0.3) is 6.08 Å². The van der Waals surface area contributed by atoms with Gasteiger partial charge in [0.15, 0.2) is 11.5 Å². The molecule has 136 valence electrons. The van der Waals surface area contributed by atoms with Crippen molar-refractivity contribution in [1.29, 1.82) is 0 Å². The van der Waals surface area contributed by atoms with Gasteiger partial charge in [0.2, 0.25) is 5.91 Å². The van der Waals surface area contributed by atoms with Crippen LogP contribution in [0.1, 0.15) is 21.5 Å². The molecule has 0 atom stereocenters. The van der Waals surface area contributed by atoms with Crippen molar-refractivity contribution in [2.45, 2.75) is 6.54 Å². The Kier molecular flexibility index (Phi) is 6.79. The quantitative estimate of drug-likeness (QED) is 0.611. The van der Waals surface area contributed by atoms with Crippen LogP contribution in [0, 0.1) is 0 Å². The Morgan fingerprint density at radius 2 is 1.65 bits per heavy atom. The van der Waals surface area contributed by atoms with Crippen molar-refractivity contribution < 1.29 is 23.8 Å². The van der Waals surface area contributed by atoms with Gasteiger partial charge in [-0.05, 0) is 41.5 Å². The van der Waals surface area contributed by atoms with E-state index in [0.717, 1.165) is 11.1 Å². The van der Waals surface area contributed by atoms with E-state index in [0.29, 0.717) is 23.6 Å². The lowest BCUT2D eigenvalue weighted by molar-refractivity contribution is -0.116. The van der Waals surface area contributed by atoms with Crippen molar-refractivity contribution in [3.05, 3.63) is 65.2 Å². The molecule has 2 aromatic rings. The highest BCUT2D eigenvalue weighted by atomic mass is 16.5. The summed E-state index contributed by atoms with van der Waals surface area (Å²) in [5.41, 5.74) is 2.17. The zero-order valence-corrected chi connectivity index (χ0v) is 14.9. The molecule has 0 fully saturated rings. The Morgan fingerprint density at radius 3 is 2.27 bits per heavy atom. The van der Waals surface area contributed by atoms with Gasteiger partial charge in [-0.15, -0.1) is 0 Å². The Morgan fingerprint density at radius 1 is 0.962 bits per heavy atom. The minimum Gasteiger partial charge on any atom is -0.493 e. The van der Waals surface area contributed by atoms with E-state index >= 15 is 0 Å². The maximum atomic E-state index is 12.0. The van der Waals surface area contributed by atoms with Crippen LogP contribution in [-0.4, -0.2) is 33.2 Å². The van der Waals surface area contributed by atoms with Crippen molar-refractivity contribution in [1.82, 2.24) is 5.32 Å². The maximum Gasteiger partial charge on any atom is 0.337 e. The molecule has 0 aromatic heterocycles. The second kappa shape index (κ2) is 9.27. The molecule has 0 aliphatic rings. The highest BCUT2D eigenvalue weighted by Crippen LogP contribution is 2.27. The number of esters is 1. The first kappa shape index (κ1) is 19.1. The molecular formula is C20H21NO5. The van der Waals surface area contributed by atoms with Crippen molar-refractivity contribution >= 4 is 18.0 Å². The van der Waals surface area contributed by atoms with E-state index in [1.54, 1.807) is 56.7 Å². The summed E-state index contributed by atoms with van der Waals surface area (Å²) >= 11 is 0. The van der Waals surface area contributed by atoms with Crippen LogP contribution < -0.4 is 14.8 Å². The van der Waals surface area contributed by atoms with Crippen LogP contribution in [0.2, 0.25) is 0 Å². The largest absolute Gasteiger partial charge is 0.493 e. The molecule has 0 radical (unpaired) electrons. The van der Waals surface area contributed by atoms with E-state index in [9.17, 15) is 9.59 Å². The minimum atomic E-state index is -0.390. The Bertz CT molecular complexity index is 796. The minimum absolute atomic E-state index is 0.225. The zero-order valence-electron chi connectivity index (χ0n) is 14.9. The predicted octanol–water partition coefficient (Wildman–Crippen LogP) is 2.82. The lowest BCUT2D eigenvalue weighted by atomic mass is 10.1. The smallest absolute Gasteiger partial charge is 0.337 e. The molecule has 0 aliphatic heterocycles. The molecule has 0 saturated heterocycles. The normalized spacial score (nSPS) is 10.4.